The van der Waals surface area contributed by atoms with E-state index in [9.17, 15) is 9.18 Å². The van der Waals surface area contributed by atoms with Crippen LogP contribution < -0.4 is 10.1 Å². The minimum absolute atomic E-state index is 0.104. The SMILES string of the molecule is Cc1sc(NC(=O)CCCOc2ccc(C(C)C)cc2Br)nc1-c1ccc(F)cc1. The number of thiazole rings is 1. The van der Waals surface area contributed by atoms with Gasteiger partial charge in [-0.1, -0.05) is 19.9 Å². The lowest BCUT2D eigenvalue weighted by atomic mass is 10.0. The second kappa shape index (κ2) is 10.2. The Bertz CT molecular complexity index is 1020. The summed E-state index contributed by atoms with van der Waals surface area (Å²) in [6, 6.07) is 12.3. The normalized spacial score (nSPS) is 11.0. The molecule has 4 nitrogen and oxygen atoms in total. The van der Waals surface area contributed by atoms with E-state index in [1.807, 2.05) is 13.0 Å². The molecule has 0 aliphatic rings. The number of anilines is 1. The first kappa shape index (κ1) is 22.4. The largest absolute Gasteiger partial charge is 0.492 e. The van der Waals surface area contributed by atoms with Crippen LogP contribution in [0.3, 0.4) is 0 Å². The van der Waals surface area contributed by atoms with Crippen molar-refractivity contribution in [3.63, 3.8) is 0 Å². The van der Waals surface area contributed by atoms with Crippen molar-refractivity contribution in [3.05, 3.63) is 63.2 Å². The lowest BCUT2D eigenvalue weighted by Gasteiger charge is -2.11. The molecule has 0 aliphatic carbocycles. The summed E-state index contributed by atoms with van der Waals surface area (Å²) in [7, 11) is 0. The van der Waals surface area contributed by atoms with Gasteiger partial charge in [0.05, 0.1) is 16.8 Å². The fraction of sp³-hybridized carbons (Fsp3) is 0.304. The number of hydrogen-bond donors (Lipinski definition) is 1. The molecule has 2 aromatic carbocycles. The quantitative estimate of drug-likeness (QED) is 0.347. The zero-order chi connectivity index (χ0) is 21.7. The number of aromatic nitrogens is 1. The first-order valence-corrected chi connectivity index (χ1v) is 11.4. The summed E-state index contributed by atoms with van der Waals surface area (Å²) in [6.07, 6.45) is 0.936. The first-order valence-electron chi connectivity index (χ1n) is 9.79. The Hall–Kier alpha value is -2.25. The van der Waals surface area contributed by atoms with Crippen LogP contribution in [0.15, 0.2) is 46.9 Å². The molecule has 158 valence electrons. The van der Waals surface area contributed by atoms with E-state index < -0.39 is 0 Å². The third-order valence-electron chi connectivity index (χ3n) is 4.59. The van der Waals surface area contributed by atoms with E-state index in [0.29, 0.717) is 30.5 Å². The summed E-state index contributed by atoms with van der Waals surface area (Å²) in [4.78, 5) is 17.7. The molecule has 3 aromatic rings. The van der Waals surface area contributed by atoms with Crippen LogP contribution in [-0.4, -0.2) is 17.5 Å². The van der Waals surface area contributed by atoms with Crippen LogP contribution >= 0.6 is 27.3 Å². The molecule has 0 aliphatic heterocycles. The highest BCUT2D eigenvalue weighted by Gasteiger charge is 2.12. The number of rotatable bonds is 8. The number of aryl methyl sites for hydroxylation is 1. The van der Waals surface area contributed by atoms with E-state index in [4.69, 9.17) is 4.74 Å². The Kier molecular flexibility index (Phi) is 7.61. The summed E-state index contributed by atoms with van der Waals surface area (Å²) < 4.78 is 19.8. The number of ether oxygens (including phenoxy) is 1. The van der Waals surface area contributed by atoms with Gasteiger partial charge < -0.3 is 10.1 Å². The van der Waals surface area contributed by atoms with E-state index >= 15 is 0 Å². The van der Waals surface area contributed by atoms with Crippen molar-refractivity contribution in [2.24, 2.45) is 0 Å². The second-order valence-corrected chi connectivity index (χ2v) is 9.33. The van der Waals surface area contributed by atoms with E-state index in [1.54, 1.807) is 12.1 Å². The summed E-state index contributed by atoms with van der Waals surface area (Å²) in [5, 5.41) is 3.39. The van der Waals surface area contributed by atoms with Gasteiger partial charge in [-0.25, -0.2) is 9.37 Å². The Labute approximate surface area is 188 Å². The van der Waals surface area contributed by atoms with Gasteiger partial charge in [-0.15, -0.1) is 11.3 Å². The van der Waals surface area contributed by atoms with E-state index in [2.05, 4.69) is 52.2 Å². The molecule has 7 heteroatoms. The fourth-order valence-corrected chi connectivity index (χ4v) is 4.28. The highest BCUT2D eigenvalue weighted by atomic mass is 79.9. The summed E-state index contributed by atoms with van der Waals surface area (Å²) in [5.74, 6) is 0.842. The maximum Gasteiger partial charge on any atom is 0.226 e. The van der Waals surface area contributed by atoms with Crippen LogP contribution in [0, 0.1) is 12.7 Å². The van der Waals surface area contributed by atoms with Gasteiger partial charge in [-0.05, 0) is 77.2 Å². The number of carbonyl (C=O) groups is 1. The zero-order valence-electron chi connectivity index (χ0n) is 17.2. The van der Waals surface area contributed by atoms with Gasteiger partial charge in [-0.3, -0.25) is 4.79 Å². The molecular weight excluding hydrogens is 467 g/mol. The smallest absolute Gasteiger partial charge is 0.226 e. The van der Waals surface area contributed by atoms with Gasteiger partial charge in [0.15, 0.2) is 5.13 Å². The van der Waals surface area contributed by atoms with Crippen LogP contribution in [0.5, 0.6) is 5.75 Å². The Morgan fingerprint density at radius 3 is 2.63 bits per heavy atom. The molecule has 0 fully saturated rings. The zero-order valence-corrected chi connectivity index (χ0v) is 19.6. The molecule has 3 rings (SSSR count). The lowest BCUT2D eigenvalue weighted by Crippen LogP contribution is -2.12. The van der Waals surface area contributed by atoms with Crippen molar-refractivity contribution in [1.29, 1.82) is 0 Å². The summed E-state index contributed by atoms with van der Waals surface area (Å²) >= 11 is 4.95. The monoisotopic (exact) mass is 490 g/mol. The van der Waals surface area contributed by atoms with Crippen LogP contribution in [-0.2, 0) is 4.79 Å². The summed E-state index contributed by atoms with van der Waals surface area (Å²) in [5.41, 5.74) is 2.83. The topological polar surface area (TPSA) is 51.2 Å². The second-order valence-electron chi connectivity index (χ2n) is 7.28. The Balaban J connectivity index is 1.48. The van der Waals surface area contributed by atoms with E-state index in [-0.39, 0.29) is 11.7 Å². The third-order valence-corrected chi connectivity index (χ3v) is 6.09. The van der Waals surface area contributed by atoms with Crippen molar-refractivity contribution in [2.75, 3.05) is 11.9 Å². The van der Waals surface area contributed by atoms with Gasteiger partial charge in [0.1, 0.15) is 11.6 Å². The van der Waals surface area contributed by atoms with Crippen molar-refractivity contribution < 1.29 is 13.9 Å². The van der Waals surface area contributed by atoms with Crippen LogP contribution in [0.25, 0.3) is 11.3 Å². The molecular formula is C23H24BrFN2O2S. The van der Waals surface area contributed by atoms with Gasteiger partial charge in [-0.2, -0.15) is 0 Å². The average molecular weight is 491 g/mol. The molecule has 1 aromatic heterocycles. The molecule has 0 unspecified atom stereocenters. The number of carbonyl (C=O) groups excluding carboxylic acids is 1. The van der Waals surface area contributed by atoms with Crippen LogP contribution in [0.4, 0.5) is 9.52 Å². The first-order chi connectivity index (χ1) is 14.3. The molecule has 0 saturated heterocycles. The third kappa shape index (κ3) is 5.89. The molecule has 30 heavy (non-hydrogen) atoms. The number of halogens is 2. The Morgan fingerprint density at radius 1 is 1.23 bits per heavy atom. The molecule has 0 radical (unpaired) electrons. The predicted molar refractivity (Wildman–Crippen MR) is 124 cm³/mol. The van der Waals surface area contributed by atoms with Gasteiger partial charge >= 0.3 is 0 Å². The molecule has 0 spiro atoms. The maximum atomic E-state index is 13.1. The van der Waals surface area contributed by atoms with E-state index in [0.717, 1.165) is 26.4 Å². The molecule has 1 N–H and O–H groups in total. The molecule has 0 saturated carbocycles. The predicted octanol–water partition coefficient (Wildman–Crippen LogP) is 6.94. The number of amides is 1. The number of benzene rings is 2. The molecule has 1 amide bonds. The van der Waals surface area contributed by atoms with E-state index in [1.165, 1.54) is 29.0 Å². The fourth-order valence-electron chi connectivity index (χ4n) is 2.92. The van der Waals surface area contributed by atoms with Crippen molar-refractivity contribution in [3.8, 4) is 17.0 Å². The van der Waals surface area contributed by atoms with Crippen LogP contribution in [0.1, 0.15) is 43.0 Å². The molecule has 1 heterocycles. The lowest BCUT2D eigenvalue weighted by molar-refractivity contribution is -0.116. The average Bonchev–Trinajstić information content (AvgIpc) is 3.06. The standard InChI is InChI=1S/C23H24BrFN2O2S/c1-14(2)17-8-11-20(19(24)13-17)29-12-4-5-21(28)26-23-27-22(15(3)30-23)16-6-9-18(25)10-7-16/h6-11,13-14H,4-5,12H2,1-3H3,(H,26,27,28). The Morgan fingerprint density at radius 2 is 1.97 bits per heavy atom. The number of nitrogens with one attached hydrogen (secondary N) is 1. The maximum absolute atomic E-state index is 13.1. The number of hydrogen-bond acceptors (Lipinski definition) is 4. The molecule has 0 bridgehead atoms. The van der Waals surface area contributed by atoms with Crippen molar-refractivity contribution >= 4 is 38.3 Å². The molecule has 0 atom stereocenters. The number of nitrogens with zero attached hydrogens (tertiary/aromatic N) is 1. The van der Waals surface area contributed by atoms with Crippen LogP contribution in [0.2, 0.25) is 0 Å². The van der Waals surface area contributed by atoms with Crippen molar-refractivity contribution in [2.45, 2.75) is 39.5 Å². The highest BCUT2D eigenvalue weighted by Crippen LogP contribution is 2.31. The summed E-state index contributed by atoms with van der Waals surface area (Å²) in [6.45, 7) is 6.67. The van der Waals surface area contributed by atoms with Gasteiger partial charge in [0.2, 0.25) is 5.91 Å². The van der Waals surface area contributed by atoms with Gasteiger partial charge in [0.25, 0.3) is 0 Å². The minimum Gasteiger partial charge on any atom is -0.492 e. The highest BCUT2D eigenvalue weighted by molar-refractivity contribution is 9.10. The van der Waals surface area contributed by atoms with Crippen molar-refractivity contribution in [1.82, 2.24) is 4.98 Å². The minimum atomic E-state index is -0.287. The van der Waals surface area contributed by atoms with Gasteiger partial charge in [0, 0.05) is 16.9 Å².